The van der Waals surface area contributed by atoms with Gasteiger partial charge in [0.15, 0.2) is 0 Å². The predicted molar refractivity (Wildman–Crippen MR) is 84.4 cm³/mol. The first kappa shape index (κ1) is 15.9. The third-order valence-corrected chi connectivity index (χ3v) is 3.47. The van der Waals surface area contributed by atoms with Gasteiger partial charge in [-0.2, -0.15) is 0 Å². The molecule has 0 radical (unpaired) electrons. The molecular formula is C15H23IO2. The van der Waals surface area contributed by atoms with Gasteiger partial charge < -0.3 is 9.47 Å². The molecule has 0 aliphatic heterocycles. The molecule has 18 heavy (non-hydrogen) atoms. The van der Waals surface area contributed by atoms with Gasteiger partial charge in [-0.05, 0) is 24.0 Å². The van der Waals surface area contributed by atoms with E-state index < -0.39 is 0 Å². The molecule has 1 rings (SSSR count). The van der Waals surface area contributed by atoms with E-state index in [1.165, 1.54) is 11.1 Å². The second kappa shape index (κ2) is 8.88. The lowest BCUT2D eigenvalue weighted by molar-refractivity contribution is 0.00800. The Bertz CT molecular complexity index is 339. The lowest BCUT2D eigenvalue weighted by atomic mass is 10.0. The first-order chi connectivity index (χ1) is 8.65. The molecule has 1 atom stereocenters. The molecule has 2 nitrogen and oxygen atoms in total. The van der Waals surface area contributed by atoms with E-state index >= 15 is 0 Å². The highest BCUT2D eigenvalue weighted by molar-refractivity contribution is 14.1. The fourth-order valence-corrected chi connectivity index (χ4v) is 2.46. The molecule has 0 heterocycles. The second-order valence-corrected chi connectivity index (χ2v) is 5.72. The number of benzene rings is 1. The van der Waals surface area contributed by atoms with Crippen LogP contribution in [0.4, 0.5) is 0 Å². The lowest BCUT2D eigenvalue weighted by Gasteiger charge is -2.18. The normalized spacial score (nSPS) is 12.9. The van der Waals surface area contributed by atoms with Crippen molar-refractivity contribution in [3.63, 3.8) is 0 Å². The minimum absolute atomic E-state index is 0.175. The summed E-state index contributed by atoms with van der Waals surface area (Å²) in [6, 6.07) is 8.41. The highest BCUT2D eigenvalue weighted by Crippen LogP contribution is 2.23. The minimum Gasteiger partial charge on any atom is -0.379 e. The van der Waals surface area contributed by atoms with Gasteiger partial charge in [-0.25, -0.2) is 0 Å². The number of ether oxygens (including phenoxy) is 2. The van der Waals surface area contributed by atoms with Crippen molar-refractivity contribution in [2.75, 3.05) is 24.2 Å². The molecule has 0 fully saturated rings. The van der Waals surface area contributed by atoms with Crippen molar-refractivity contribution in [2.45, 2.75) is 26.9 Å². The Morgan fingerprint density at radius 3 is 2.50 bits per heavy atom. The van der Waals surface area contributed by atoms with Crippen LogP contribution in [-0.2, 0) is 9.47 Å². The Kier molecular flexibility index (Phi) is 7.86. The largest absolute Gasteiger partial charge is 0.379 e. The van der Waals surface area contributed by atoms with E-state index in [0.29, 0.717) is 19.1 Å². The molecular weight excluding hydrogens is 339 g/mol. The molecule has 0 aliphatic rings. The van der Waals surface area contributed by atoms with Crippen molar-refractivity contribution in [3.05, 3.63) is 35.4 Å². The molecule has 1 aromatic rings. The predicted octanol–water partition coefficient (Wildman–Crippen LogP) is 4.16. The molecule has 3 heteroatoms. The molecule has 0 saturated carbocycles. The van der Waals surface area contributed by atoms with Crippen molar-refractivity contribution >= 4 is 22.6 Å². The highest BCUT2D eigenvalue weighted by Gasteiger charge is 2.12. The maximum atomic E-state index is 5.91. The molecule has 0 aliphatic carbocycles. The third-order valence-electron chi connectivity index (χ3n) is 2.67. The van der Waals surface area contributed by atoms with Crippen LogP contribution in [0.15, 0.2) is 24.3 Å². The van der Waals surface area contributed by atoms with Crippen molar-refractivity contribution in [2.24, 2.45) is 5.92 Å². The number of hydrogen-bond donors (Lipinski definition) is 0. The standard InChI is InChI=1S/C15H23IO2/c1-12(2)11-17-8-9-18-15(10-16)14-7-5-4-6-13(14)3/h4-7,12,15H,8-11H2,1-3H3. The van der Waals surface area contributed by atoms with E-state index in [0.717, 1.165) is 11.0 Å². The van der Waals surface area contributed by atoms with Gasteiger partial charge in [0.2, 0.25) is 0 Å². The summed E-state index contributed by atoms with van der Waals surface area (Å²) >= 11 is 2.38. The molecule has 1 aromatic carbocycles. The fraction of sp³-hybridized carbons (Fsp3) is 0.600. The van der Waals surface area contributed by atoms with Crippen LogP contribution in [0.2, 0.25) is 0 Å². The van der Waals surface area contributed by atoms with E-state index in [1.807, 2.05) is 0 Å². The molecule has 0 aromatic heterocycles. The average Bonchev–Trinajstić information content (AvgIpc) is 2.35. The van der Waals surface area contributed by atoms with Crippen LogP contribution in [0.1, 0.15) is 31.1 Å². The van der Waals surface area contributed by atoms with Gasteiger partial charge in [-0.15, -0.1) is 0 Å². The van der Waals surface area contributed by atoms with Gasteiger partial charge in [0.25, 0.3) is 0 Å². The maximum absolute atomic E-state index is 5.91. The Hall–Kier alpha value is -0.130. The summed E-state index contributed by atoms with van der Waals surface area (Å²) in [5, 5.41) is 0. The number of alkyl halides is 1. The van der Waals surface area contributed by atoms with Crippen LogP contribution in [0.5, 0.6) is 0 Å². The minimum atomic E-state index is 0.175. The molecule has 0 bridgehead atoms. The van der Waals surface area contributed by atoms with Crippen LogP contribution in [0.3, 0.4) is 0 Å². The van der Waals surface area contributed by atoms with Gasteiger partial charge in [0, 0.05) is 11.0 Å². The monoisotopic (exact) mass is 362 g/mol. The quantitative estimate of drug-likeness (QED) is 0.393. The third kappa shape index (κ3) is 5.67. The number of aryl methyl sites for hydroxylation is 1. The van der Waals surface area contributed by atoms with E-state index in [-0.39, 0.29) is 6.10 Å². The van der Waals surface area contributed by atoms with Gasteiger partial charge in [0.05, 0.1) is 19.3 Å². The molecule has 0 spiro atoms. The Labute approximate surface area is 124 Å². The molecule has 0 N–H and O–H groups in total. The smallest absolute Gasteiger partial charge is 0.0917 e. The fourth-order valence-electron chi connectivity index (χ4n) is 1.73. The lowest BCUT2D eigenvalue weighted by Crippen LogP contribution is -2.13. The molecule has 102 valence electrons. The first-order valence-corrected chi connectivity index (χ1v) is 7.98. The zero-order valence-corrected chi connectivity index (χ0v) is 13.6. The van der Waals surface area contributed by atoms with Crippen molar-refractivity contribution in [1.82, 2.24) is 0 Å². The molecule has 0 amide bonds. The topological polar surface area (TPSA) is 18.5 Å². The van der Waals surface area contributed by atoms with Crippen LogP contribution in [0.25, 0.3) is 0 Å². The van der Waals surface area contributed by atoms with Gasteiger partial charge in [-0.3, -0.25) is 0 Å². The van der Waals surface area contributed by atoms with Crippen LogP contribution in [-0.4, -0.2) is 24.2 Å². The van der Waals surface area contributed by atoms with Gasteiger partial charge in [0.1, 0.15) is 0 Å². The van der Waals surface area contributed by atoms with E-state index in [4.69, 9.17) is 9.47 Å². The van der Waals surface area contributed by atoms with Crippen LogP contribution in [0, 0.1) is 12.8 Å². The van der Waals surface area contributed by atoms with E-state index in [2.05, 4.69) is 67.6 Å². The van der Waals surface area contributed by atoms with Crippen LogP contribution < -0.4 is 0 Å². The maximum Gasteiger partial charge on any atom is 0.0917 e. The first-order valence-electron chi connectivity index (χ1n) is 6.46. The summed E-state index contributed by atoms with van der Waals surface area (Å²) in [6.07, 6.45) is 0.175. The summed E-state index contributed by atoms with van der Waals surface area (Å²) in [5.74, 6) is 0.585. The van der Waals surface area contributed by atoms with E-state index in [1.54, 1.807) is 0 Å². The number of rotatable bonds is 8. The summed E-state index contributed by atoms with van der Waals surface area (Å²) in [7, 11) is 0. The van der Waals surface area contributed by atoms with Gasteiger partial charge >= 0.3 is 0 Å². The molecule has 0 saturated heterocycles. The highest BCUT2D eigenvalue weighted by atomic mass is 127. The Morgan fingerprint density at radius 2 is 1.89 bits per heavy atom. The van der Waals surface area contributed by atoms with Gasteiger partial charge in [-0.1, -0.05) is 60.7 Å². The number of halogens is 1. The Balaban J connectivity index is 2.36. The zero-order chi connectivity index (χ0) is 13.4. The van der Waals surface area contributed by atoms with Crippen molar-refractivity contribution in [1.29, 1.82) is 0 Å². The van der Waals surface area contributed by atoms with Crippen LogP contribution >= 0.6 is 22.6 Å². The summed E-state index contributed by atoms with van der Waals surface area (Å²) in [5.41, 5.74) is 2.58. The SMILES string of the molecule is Cc1ccccc1C(CI)OCCOCC(C)C. The molecule has 1 unspecified atom stereocenters. The van der Waals surface area contributed by atoms with Crippen molar-refractivity contribution < 1.29 is 9.47 Å². The second-order valence-electron chi connectivity index (χ2n) is 4.84. The number of hydrogen-bond acceptors (Lipinski definition) is 2. The average molecular weight is 362 g/mol. The summed E-state index contributed by atoms with van der Waals surface area (Å²) in [4.78, 5) is 0. The summed E-state index contributed by atoms with van der Waals surface area (Å²) < 4.78 is 12.4. The zero-order valence-electron chi connectivity index (χ0n) is 11.5. The van der Waals surface area contributed by atoms with Crippen molar-refractivity contribution in [3.8, 4) is 0 Å². The van der Waals surface area contributed by atoms with E-state index in [9.17, 15) is 0 Å². The summed E-state index contributed by atoms with van der Waals surface area (Å²) in [6.45, 7) is 8.59. The Morgan fingerprint density at radius 1 is 1.17 bits per heavy atom.